The summed E-state index contributed by atoms with van der Waals surface area (Å²) in [5, 5.41) is 0. The molecule has 1 aliphatic carbocycles. The van der Waals surface area contributed by atoms with Crippen molar-refractivity contribution in [2.75, 3.05) is 20.2 Å². The molecule has 0 heterocycles. The molecule has 1 saturated carbocycles. The van der Waals surface area contributed by atoms with Crippen LogP contribution in [0.5, 0.6) is 5.75 Å². The van der Waals surface area contributed by atoms with Crippen molar-refractivity contribution in [2.45, 2.75) is 45.1 Å². The SMILES string of the molecule is COc1ccc(C)cc1C(=O)N(CCCN)C1CCCC1. The number of methoxy groups -OCH3 is 1. The maximum atomic E-state index is 13.0. The molecule has 0 spiro atoms. The Labute approximate surface area is 127 Å². The quantitative estimate of drug-likeness (QED) is 0.876. The van der Waals surface area contributed by atoms with Gasteiger partial charge in [-0.05, 0) is 44.9 Å². The molecule has 1 amide bonds. The van der Waals surface area contributed by atoms with Crippen LogP contribution in [0.3, 0.4) is 0 Å². The molecule has 21 heavy (non-hydrogen) atoms. The second-order valence-electron chi connectivity index (χ2n) is 5.78. The van der Waals surface area contributed by atoms with Gasteiger partial charge in [-0.1, -0.05) is 24.5 Å². The van der Waals surface area contributed by atoms with Crippen LogP contribution in [-0.2, 0) is 0 Å². The maximum absolute atomic E-state index is 13.0. The normalized spacial score (nSPS) is 15.2. The highest BCUT2D eigenvalue weighted by molar-refractivity contribution is 5.97. The highest BCUT2D eigenvalue weighted by atomic mass is 16.5. The number of carbonyl (C=O) groups is 1. The van der Waals surface area contributed by atoms with Crippen molar-refractivity contribution in [3.63, 3.8) is 0 Å². The molecule has 0 unspecified atom stereocenters. The number of amides is 1. The van der Waals surface area contributed by atoms with Crippen LogP contribution in [0.1, 0.15) is 48.0 Å². The van der Waals surface area contributed by atoms with Gasteiger partial charge in [0.1, 0.15) is 5.75 Å². The number of carbonyl (C=O) groups excluding carboxylic acids is 1. The molecule has 0 aliphatic heterocycles. The number of hydrogen-bond donors (Lipinski definition) is 1. The van der Waals surface area contributed by atoms with Crippen LogP contribution in [0.25, 0.3) is 0 Å². The standard InChI is InChI=1S/C17H26N2O2/c1-13-8-9-16(21-2)15(12-13)17(20)19(11-5-10-18)14-6-3-4-7-14/h8-9,12,14H,3-7,10-11,18H2,1-2H3. The summed E-state index contributed by atoms with van der Waals surface area (Å²) in [7, 11) is 1.61. The van der Waals surface area contributed by atoms with Crippen LogP contribution in [-0.4, -0.2) is 37.0 Å². The average molecular weight is 290 g/mol. The summed E-state index contributed by atoms with van der Waals surface area (Å²) in [6.07, 6.45) is 5.47. The Balaban J connectivity index is 2.26. The van der Waals surface area contributed by atoms with Crippen LogP contribution >= 0.6 is 0 Å². The van der Waals surface area contributed by atoms with Gasteiger partial charge in [-0.2, -0.15) is 0 Å². The van der Waals surface area contributed by atoms with Crippen molar-refractivity contribution in [3.8, 4) is 5.75 Å². The van der Waals surface area contributed by atoms with E-state index < -0.39 is 0 Å². The molecule has 0 radical (unpaired) electrons. The van der Waals surface area contributed by atoms with E-state index in [0.29, 0.717) is 23.9 Å². The number of nitrogens with two attached hydrogens (primary N) is 1. The van der Waals surface area contributed by atoms with Gasteiger partial charge in [0.05, 0.1) is 12.7 Å². The summed E-state index contributed by atoms with van der Waals surface area (Å²) in [5.74, 6) is 0.734. The van der Waals surface area contributed by atoms with Crippen molar-refractivity contribution in [3.05, 3.63) is 29.3 Å². The van der Waals surface area contributed by atoms with E-state index in [9.17, 15) is 4.79 Å². The first-order chi connectivity index (χ1) is 10.2. The summed E-state index contributed by atoms with van der Waals surface area (Å²) in [6.45, 7) is 3.34. The predicted octanol–water partition coefficient (Wildman–Crippen LogP) is 2.74. The zero-order valence-corrected chi connectivity index (χ0v) is 13.1. The Morgan fingerprint density at radius 2 is 2.10 bits per heavy atom. The third kappa shape index (κ3) is 3.76. The zero-order valence-electron chi connectivity index (χ0n) is 13.1. The average Bonchev–Trinajstić information content (AvgIpc) is 3.01. The molecule has 116 valence electrons. The van der Waals surface area contributed by atoms with Crippen molar-refractivity contribution >= 4 is 5.91 Å². The largest absolute Gasteiger partial charge is 0.496 e. The monoisotopic (exact) mass is 290 g/mol. The van der Waals surface area contributed by atoms with E-state index in [4.69, 9.17) is 10.5 Å². The molecule has 0 bridgehead atoms. The van der Waals surface area contributed by atoms with E-state index in [0.717, 1.165) is 31.4 Å². The van der Waals surface area contributed by atoms with Gasteiger partial charge in [-0.25, -0.2) is 0 Å². The molecule has 4 heteroatoms. The van der Waals surface area contributed by atoms with E-state index in [-0.39, 0.29) is 5.91 Å². The second kappa shape index (κ2) is 7.46. The van der Waals surface area contributed by atoms with Crippen molar-refractivity contribution < 1.29 is 9.53 Å². The van der Waals surface area contributed by atoms with Crippen molar-refractivity contribution in [1.29, 1.82) is 0 Å². The molecule has 1 aromatic carbocycles. The number of ether oxygens (including phenoxy) is 1. The number of benzene rings is 1. The van der Waals surface area contributed by atoms with Crippen LogP contribution in [0, 0.1) is 6.92 Å². The first-order valence-corrected chi connectivity index (χ1v) is 7.83. The highest BCUT2D eigenvalue weighted by Gasteiger charge is 2.28. The van der Waals surface area contributed by atoms with Gasteiger partial charge in [0.2, 0.25) is 0 Å². The molecular formula is C17H26N2O2. The van der Waals surface area contributed by atoms with Crippen LogP contribution < -0.4 is 10.5 Å². The Morgan fingerprint density at radius 3 is 2.71 bits per heavy atom. The lowest BCUT2D eigenvalue weighted by molar-refractivity contribution is 0.0677. The number of aryl methyl sites for hydroxylation is 1. The van der Waals surface area contributed by atoms with Crippen molar-refractivity contribution in [2.24, 2.45) is 5.73 Å². The van der Waals surface area contributed by atoms with Crippen LogP contribution in [0.2, 0.25) is 0 Å². The van der Waals surface area contributed by atoms with Gasteiger partial charge in [0.15, 0.2) is 0 Å². The summed E-state index contributed by atoms with van der Waals surface area (Å²) >= 11 is 0. The molecule has 2 rings (SSSR count). The fraction of sp³-hybridized carbons (Fsp3) is 0.588. The number of hydrogen-bond acceptors (Lipinski definition) is 3. The van der Waals surface area contributed by atoms with Gasteiger partial charge in [-0.3, -0.25) is 4.79 Å². The fourth-order valence-electron chi connectivity index (χ4n) is 3.07. The Bertz CT molecular complexity index is 482. The summed E-state index contributed by atoms with van der Waals surface area (Å²) in [5.41, 5.74) is 7.37. The Kier molecular flexibility index (Phi) is 5.62. The van der Waals surface area contributed by atoms with E-state index in [2.05, 4.69) is 0 Å². The van der Waals surface area contributed by atoms with E-state index in [1.165, 1.54) is 12.8 Å². The number of nitrogens with zero attached hydrogens (tertiary/aromatic N) is 1. The van der Waals surface area contributed by atoms with Gasteiger partial charge >= 0.3 is 0 Å². The first-order valence-electron chi connectivity index (χ1n) is 7.83. The topological polar surface area (TPSA) is 55.6 Å². The maximum Gasteiger partial charge on any atom is 0.257 e. The van der Waals surface area contributed by atoms with Gasteiger partial charge in [0, 0.05) is 12.6 Å². The predicted molar refractivity (Wildman–Crippen MR) is 84.7 cm³/mol. The minimum atomic E-state index is 0.0795. The molecule has 1 aromatic rings. The smallest absolute Gasteiger partial charge is 0.257 e. The van der Waals surface area contributed by atoms with E-state index in [1.54, 1.807) is 7.11 Å². The third-order valence-electron chi connectivity index (χ3n) is 4.21. The third-order valence-corrected chi connectivity index (χ3v) is 4.21. The summed E-state index contributed by atoms with van der Waals surface area (Å²) in [6, 6.07) is 6.12. The lowest BCUT2D eigenvalue weighted by Gasteiger charge is -2.29. The Morgan fingerprint density at radius 1 is 1.38 bits per heavy atom. The first kappa shape index (κ1) is 15.8. The highest BCUT2D eigenvalue weighted by Crippen LogP contribution is 2.28. The van der Waals surface area contributed by atoms with E-state index >= 15 is 0 Å². The molecular weight excluding hydrogens is 264 g/mol. The molecule has 0 aromatic heterocycles. The lowest BCUT2D eigenvalue weighted by atomic mass is 10.1. The Hall–Kier alpha value is -1.55. The molecule has 1 aliphatic rings. The molecule has 4 nitrogen and oxygen atoms in total. The molecule has 0 atom stereocenters. The minimum Gasteiger partial charge on any atom is -0.496 e. The second-order valence-corrected chi connectivity index (χ2v) is 5.78. The van der Waals surface area contributed by atoms with Crippen LogP contribution in [0.4, 0.5) is 0 Å². The fourth-order valence-corrected chi connectivity index (χ4v) is 3.07. The van der Waals surface area contributed by atoms with Crippen molar-refractivity contribution in [1.82, 2.24) is 4.90 Å². The molecule has 0 saturated heterocycles. The van der Waals surface area contributed by atoms with Gasteiger partial charge in [0.25, 0.3) is 5.91 Å². The van der Waals surface area contributed by atoms with Crippen LogP contribution in [0.15, 0.2) is 18.2 Å². The minimum absolute atomic E-state index is 0.0795. The molecule has 1 fully saturated rings. The summed E-state index contributed by atoms with van der Waals surface area (Å²) in [4.78, 5) is 15.0. The number of rotatable bonds is 6. The van der Waals surface area contributed by atoms with Gasteiger partial charge < -0.3 is 15.4 Å². The van der Waals surface area contributed by atoms with E-state index in [1.807, 2.05) is 30.0 Å². The molecule has 2 N–H and O–H groups in total. The zero-order chi connectivity index (χ0) is 15.2. The lowest BCUT2D eigenvalue weighted by Crippen LogP contribution is -2.40. The summed E-state index contributed by atoms with van der Waals surface area (Å²) < 4.78 is 5.37. The van der Waals surface area contributed by atoms with Gasteiger partial charge in [-0.15, -0.1) is 0 Å².